The van der Waals surface area contributed by atoms with Crippen LogP contribution in [0.15, 0.2) is 12.1 Å². The molecule has 0 amide bonds. The number of hydrogen-bond donors (Lipinski definition) is 0. The van der Waals surface area contributed by atoms with Crippen LogP contribution in [-0.4, -0.2) is 6.10 Å². The summed E-state index contributed by atoms with van der Waals surface area (Å²) in [6.45, 7) is 5.92. The van der Waals surface area contributed by atoms with Gasteiger partial charge in [0.1, 0.15) is 0 Å². The minimum Gasteiger partial charge on any atom is -0.485 e. The lowest BCUT2D eigenvalue weighted by Gasteiger charge is -2.37. The number of benzene rings is 1. The maximum atomic E-state index is 14.3. The van der Waals surface area contributed by atoms with Crippen LogP contribution in [-0.2, 0) is 0 Å². The lowest BCUT2D eigenvalue weighted by atomic mass is 9.68. The molecule has 0 bridgehead atoms. The SMILES string of the molecule is CC1CCC(C2CCC(c3cc(F)c(OC(C)C)c(F)c3)CC2)CC1. The van der Waals surface area contributed by atoms with Gasteiger partial charge in [-0.05, 0) is 93.7 Å². The van der Waals surface area contributed by atoms with Gasteiger partial charge in [-0.25, -0.2) is 8.78 Å². The molecule has 2 saturated carbocycles. The molecule has 2 fully saturated rings. The molecule has 140 valence electrons. The molecule has 3 heteroatoms. The minimum atomic E-state index is -0.563. The number of halogens is 2. The Morgan fingerprint density at radius 2 is 1.32 bits per heavy atom. The van der Waals surface area contributed by atoms with Crippen molar-refractivity contribution in [3.8, 4) is 5.75 Å². The maximum Gasteiger partial charge on any atom is 0.191 e. The van der Waals surface area contributed by atoms with Gasteiger partial charge >= 0.3 is 0 Å². The van der Waals surface area contributed by atoms with E-state index in [2.05, 4.69) is 6.92 Å². The van der Waals surface area contributed by atoms with Gasteiger partial charge in [-0.3, -0.25) is 0 Å². The van der Waals surface area contributed by atoms with Gasteiger partial charge in [0, 0.05) is 0 Å². The van der Waals surface area contributed by atoms with Crippen LogP contribution < -0.4 is 4.74 Å². The Morgan fingerprint density at radius 1 is 0.840 bits per heavy atom. The second kappa shape index (κ2) is 8.05. The van der Waals surface area contributed by atoms with Gasteiger partial charge in [0.25, 0.3) is 0 Å². The first-order chi connectivity index (χ1) is 11.9. The number of rotatable bonds is 4. The second-order valence-electron chi connectivity index (χ2n) is 8.61. The summed E-state index contributed by atoms with van der Waals surface area (Å²) in [5, 5.41) is 0. The first-order valence-corrected chi connectivity index (χ1v) is 10.1. The third-order valence-corrected chi connectivity index (χ3v) is 6.34. The van der Waals surface area contributed by atoms with E-state index in [9.17, 15) is 8.78 Å². The second-order valence-corrected chi connectivity index (χ2v) is 8.61. The molecule has 0 aliphatic heterocycles. The van der Waals surface area contributed by atoms with E-state index < -0.39 is 11.6 Å². The molecule has 0 spiro atoms. The Bertz CT molecular complexity index is 544. The van der Waals surface area contributed by atoms with Crippen molar-refractivity contribution < 1.29 is 13.5 Å². The predicted octanol–water partition coefficient (Wildman–Crippen LogP) is 6.85. The third-order valence-electron chi connectivity index (χ3n) is 6.34. The fourth-order valence-electron chi connectivity index (χ4n) is 4.84. The van der Waals surface area contributed by atoms with Crippen molar-refractivity contribution in [3.05, 3.63) is 29.3 Å². The van der Waals surface area contributed by atoms with E-state index >= 15 is 0 Å². The topological polar surface area (TPSA) is 9.23 Å². The molecule has 1 aromatic carbocycles. The zero-order chi connectivity index (χ0) is 18.0. The summed E-state index contributed by atoms with van der Waals surface area (Å²) in [4.78, 5) is 0. The minimum absolute atomic E-state index is 0.233. The molecule has 1 aromatic rings. The summed E-state index contributed by atoms with van der Waals surface area (Å²) in [7, 11) is 0. The molecule has 0 saturated heterocycles. The fourth-order valence-corrected chi connectivity index (χ4v) is 4.84. The van der Waals surface area contributed by atoms with E-state index in [1.54, 1.807) is 13.8 Å². The van der Waals surface area contributed by atoms with Crippen molar-refractivity contribution in [2.75, 3.05) is 0 Å². The van der Waals surface area contributed by atoms with Gasteiger partial charge in [0.05, 0.1) is 6.10 Å². The average molecular weight is 350 g/mol. The van der Waals surface area contributed by atoms with E-state index in [0.29, 0.717) is 0 Å². The number of hydrogen-bond acceptors (Lipinski definition) is 1. The highest BCUT2D eigenvalue weighted by molar-refractivity contribution is 5.33. The highest BCUT2D eigenvalue weighted by atomic mass is 19.1. The number of ether oxygens (including phenoxy) is 1. The fraction of sp³-hybridized carbons (Fsp3) is 0.727. The molecule has 0 unspecified atom stereocenters. The van der Waals surface area contributed by atoms with Gasteiger partial charge in [0.15, 0.2) is 17.4 Å². The van der Waals surface area contributed by atoms with Crippen LogP contribution in [0.4, 0.5) is 8.78 Å². The average Bonchev–Trinajstić information content (AvgIpc) is 2.59. The summed E-state index contributed by atoms with van der Waals surface area (Å²) in [6.07, 6.45) is 9.79. The zero-order valence-electron chi connectivity index (χ0n) is 15.9. The van der Waals surface area contributed by atoms with Crippen LogP contribution in [0.25, 0.3) is 0 Å². The monoisotopic (exact) mass is 350 g/mol. The standard InChI is InChI=1S/C22H32F2O/c1-14(2)25-22-20(23)12-19(13-21(22)24)18-10-8-17(9-11-18)16-6-4-15(3)5-7-16/h12-18H,4-11H2,1-3H3. The molecule has 2 aliphatic carbocycles. The van der Waals surface area contributed by atoms with Crippen molar-refractivity contribution in [2.45, 2.75) is 84.2 Å². The summed E-state index contributed by atoms with van der Waals surface area (Å²) in [5.74, 6) is 1.53. The summed E-state index contributed by atoms with van der Waals surface area (Å²) >= 11 is 0. The molecule has 1 nitrogen and oxygen atoms in total. The van der Waals surface area contributed by atoms with Crippen LogP contribution >= 0.6 is 0 Å². The van der Waals surface area contributed by atoms with E-state index in [0.717, 1.165) is 36.2 Å². The first-order valence-electron chi connectivity index (χ1n) is 10.1. The Labute approximate surface area is 151 Å². The van der Waals surface area contributed by atoms with E-state index in [1.807, 2.05) is 0 Å². The lowest BCUT2D eigenvalue weighted by molar-refractivity contribution is 0.165. The lowest BCUT2D eigenvalue weighted by Crippen LogP contribution is -2.24. The van der Waals surface area contributed by atoms with Crippen molar-refractivity contribution in [3.63, 3.8) is 0 Å². The summed E-state index contributed by atoms with van der Waals surface area (Å²) < 4.78 is 33.8. The molecular formula is C22H32F2O. The Kier molecular flexibility index (Phi) is 6.01. The Morgan fingerprint density at radius 3 is 1.80 bits per heavy atom. The van der Waals surface area contributed by atoms with Gasteiger partial charge in [-0.1, -0.05) is 19.8 Å². The van der Waals surface area contributed by atoms with Crippen LogP contribution in [0.2, 0.25) is 0 Å². The highest BCUT2D eigenvalue weighted by Gasteiger charge is 2.31. The summed E-state index contributed by atoms with van der Waals surface area (Å²) in [6, 6.07) is 2.99. The van der Waals surface area contributed by atoms with E-state index in [-0.39, 0.29) is 17.8 Å². The molecule has 3 rings (SSSR count). The van der Waals surface area contributed by atoms with Gasteiger partial charge in [-0.15, -0.1) is 0 Å². The quantitative estimate of drug-likeness (QED) is 0.577. The van der Waals surface area contributed by atoms with E-state index in [1.165, 1.54) is 50.7 Å². The zero-order valence-corrected chi connectivity index (χ0v) is 15.9. The van der Waals surface area contributed by atoms with Crippen molar-refractivity contribution in [1.82, 2.24) is 0 Å². The maximum absolute atomic E-state index is 14.3. The predicted molar refractivity (Wildman–Crippen MR) is 97.9 cm³/mol. The van der Waals surface area contributed by atoms with E-state index in [4.69, 9.17) is 4.74 Å². The van der Waals surface area contributed by atoms with Crippen LogP contribution in [0.1, 0.15) is 83.6 Å². The molecule has 0 heterocycles. The van der Waals surface area contributed by atoms with Crippen molar-refractivity contribution in [1.29, 1.82) is 0 Å². The summed E-state index contributed by atoms with van der Waals surface area (Å²) in [5.41, 5.74) is 0.807. The first kappa shape index (κ1) is 18.7. The Hall–Kier alpha value is -1.12. The van der Waals surface area contributed by atoms with Crippen LogP contribution in [0, 0.1) is 29.4 Å². The molecule has 0 atom stereocenters. The molecule has 2 aliphatic rings. The smallest absolute Gasteiger partial charge is 0.191 e. The third kappa shape index (κ3) is 4.54. The van der Waals surface area contributed by atoms with Crippen LogP contribution in [0.3, 0.4) is 0 Å². The van der Waals surface area contributed by atoms with Gasteiger partial charge in [0.2, 0.25) is 0 Å². The van der Waals surface area contributed by atoms with Crippen molar-refractivity contribution >= 4 is 0 Å². The highest BCUT2D eigenvalue weighted by Crippen LogP contribution is 2.44. The van der Waals surface area contributed by atoms with Gasteiger partial charge < -0.3 is 4.74 Å². The van der Waals surface area contributed by atoms with Crippen LogP contribution in [0.5, 0.6) is 5.75 Å². The molecular weight excluding hydrogens is 318 g/mol. The van der Waals surface area contributed by atoms with Gasteiger partial charge in [-0.2, -0.15) is 0 Å². The molecule has 25 heavy (non-hydrogen) atoms. The molecule has 0 radical (unpaired) electrons. The molecule has 0 aromatic heterocycles. The Balaban J connectivity index is 1.61. The molecule has 0 N–H and O–H groups in total. The largest absolute Gasteiger partial charge is 0.485 e. The normalized spacial score (nSPS) is 30.5. The van der Waals surface area contributed by atoms with Crippen molar-refractivity contribution in [2.24, 2.45) is 17.8 Å².